The van der Waals surface area contributed by atoms with E-state index in [-0.39, 0.29) is 17.1 Å². The van der Waals surface area contributed by atoms with Crippen LogP contribution in [0.2, 0.25) is 0 Å². The molecule has 33 heavy (non-hydrogen) atoms. The summed E-state index contributed by atoms with van der Waals surface area (Å²) in [6.45, 7) is 1.55. The van der Waals surface area contributed by atoms with Crippen molar-refractivity contribution in [2.75, 3.05) is 14.2 Å². The summed E-state index contributed by atoms with van der Waals surface area (Å²) in [7, 11) is 2.65. The molecule has 1 unspecified atom stereocenters. The molecule has 0 saturated carbocycles. The number of aromatic carboxylic acids is 1. The summed E-state index contributed by atoms with van der Waals surface area (Å²) >= 11 is 0.732. The number of hydrogen-bond donors (Lipinski definition) is 1. The van der Waals surface area contributed by atoms with Crippen LogP contribution < -0.4 is 9.47 Å². The molecule has 3 rings (SSSR count). The van der Waals surface area contributed by atoms with E-state index in [1.807, 2.05) is 0 Å². The van der Waals surface area contributed by atoms with Crippen LogP contribution in [0.5, 0.6) is 11.5 Å². The molecule has 172 valence electrons. The smallest absolute Gasteiger partial charge is 0.335 e. The SMILES string of the molecule is COC(=O)C(C)N1C(=O)S/C(=C/c2ccc(OCc3cccc(C(=O)O)c3)c(OC)c2)C1=O. The first kappa shape index (κ1) is 23.9. The zero-order valence-corrected chi connectivity index (χ0v) is 18.9. The van der Waals surface area contributed by atoms with Crippen molar-refractivity contribution in [3.8, 4) is 11.5 Å². The minimum Gasteiger partial charge on any atom is -0.493 e. The number of methoxy groups -OCH3 is 2. The monoisotopic (exact) mass is 471 g/mol. The lowest BCUT2D eigenvalue weighted by molar-refractivity contribution is -0.148. The second-order valence-electron chi connectivity index (χ2n) is 6.96. The summed E-state index contributed by atoms with van der Waals surface area (Å²) in [5, 5.41) is 8.55. The van der Waals surface area contributed by atoms with Gasteiger partial charge in [-0.2, -0.15) is 0 Å². The number of thioether (sulfide) groups is 1. The summed E-state index contributed by atoms with van der Waals surface area (Å²) in [5.74, 6) is -1.48. The van der Waals surface area contributed by atoms with E-state index < -0.39 is 29.1 Å². The van der Waals surface area contributed by atoms with Crippen LogP contribution in [0.1, 0.15) is 28.4 Å². The van der Waals surface area contributed by atoms with Gasteiger partial charge in [0, 0.05) is 0 Å². The van der Waals surface area contributed by atoms with Crippen LogP contribution in [0.4, 0.5) is 4.79 Å². The van der Waals surface area contributed by atoms with Crippen molar-refractivity contribution in [1.82, 2.24) is 4.90 Å². The van der Waals surface area contributed by atoms with Crippen molar-refractivity contribution >= 4 is 40.9 Å². The van der Waals surface area contributed by atoms with E-state index in [9.17, 15) is 19.2 Å². The molecular formula is C23H21NO8S. The van der Waals surface area contributed by atoms with Crippen molar-refractivity contribution in [3.05, 3.63) is 64.1 Å². The summed E-state index contributed by atoms with van der Waals surface area (Å²) in [6.07, 6.45) is 1.53. The van der Waals surface area contributed by atoms with Crippen molar-refractivity contribution < 1.29 is 38.5 Å². The molecule has 9 nitrogen and oxygen atoms in total. The second kappa shape index (κ2) is 10.2. The lowest BCUT2D eigenvalue weighted by Gasteiger charge is -2.18. The topological polar surface area (TPSA) is 119 Å². The number of ether oxygens (including phenoxy) is 3. The van der Waals surface area contributed by atoms with Crippen LogP contribution in [0.15, 0.2) is 47.4 Å². The number of hydrogen-bond acceptors (Lipinski definition) is 8. The zero-order valence-electron chi connectivity index (χ0n) is 18.1. The number of rotatable bonds is 8. The highest BCUT2D eigenvalue weighted by molar-refractivity contribution is 8.18. The van der Waals surface area contributed by atoms with Gasteiger partial charge in [0.15, 0.2) is 11.5 Å². The van der Waals surface area contributed by atoms with E-state index in [2.05, 4.69) is 4.74 Å². The molecule has 1 aliphatic heterocycles. The molecule has 2 aromatic carbocycles. The van der Waals surface area contributed by atoms with Crippen LogP contribution in [-0.4, -0.2) is 53.4 Å². The van der Waals surface area contributed by atoms with Gasteiger partial charge in [-0.1, -0.05) is 18.2 Å². The first-order valence-corrected chi connectivity index (χ1v) is 10.5. The van der Waals surface area contributed by atoms with Crippen LogP contribution in [-0.2, 0) is 20.9 Å². The van der Waals surface area contributed by atoms with Gasteiger partial charge >= 0.3 is 11.9 Å². The second-order valence-corrected chi connectivity index (χ2v) is 7.95. The highest BCUT2D eigenvalue weighted by Crippen LogP contribution is 2.35. The van der Waals surface area contributed by atoms with Gasteiger partial charge in [0.2, 0.25) is 0 Å². The van der Waals surface area contributed by atoms with E-state index in [0.29, 0.717) is 22.6 Å². The van der Waals surface area contributed by atoms with Crippen molar-refractivity contribution in [1.29, 1.82) is 0 Å². The lowest BCUT2D eigenvalue weighted by Crippen LogP contribution is -2.42. The molecule has 1 fully saturated rings. The maximum Gasteiger partial charge on any atom is 0.335 e. The Balaban J connectivity index is 1.77. The Kier molecular flexibility index (Phi) is 7.39. The number of carboxylic acid groups (broad SMARTS) is 1. The fourth-order valence-electron chi connectivity index (χ4n) is 3.09. The number of imide groups is 1. The van der Waals surface area contributed by atoms with Gasteiger partial charge in [0.05, 0.1) is 24.7 Å². The first-order chi connectivity index (χ1) is 15.7. The standard InChI is InChI=1S/C23H21NO8S/c1-13(22(28)31-3)24-20(25)19(33-23(24)29)11-14-7-8-17(18(10-14)30-2)32-12-15-5-4-6-16(9-15)21(26)27/h4-11,13H,12H2,1-3H3,(H,26,27)/b19-11+. The average Bonchev–Trinajstić information content (AvgIpc) is 3.09. The van der Waals surface area contributed by atoms with Gasteiger partial charge in [0.1, 0.15) is 12.6 Å². The molecule has 0 bridgehead atoms. The predicted octanol–water partition coefficient (Wildman–Crippen LogP) is 3.57. The average molecular weight is 471 g/mol. The molecule has 1 N–H and O–H groups in total. The minimum absolute atomic E-state index is 0.126. The van der Waals surface area contributed by atoms with Crippen molar-refractivity contribution in [3.63, 3.8) is 0 Å². The summed E-state index contributed by atoms with van der Waals surface area (Å²) in [6, 6.07) is 10.3. The number of amides is 2. The molecule has 1 saturated heterocycles. The highest BCUT2D eigenvalue weighted by atomic mass is 32.2. The Bertz CT molecular complexity index is 1140. The van der Waals surface area contributed by atoms with E-state index >= 15 is 0 Å². The zero-order chi connectivity index (χ0) is 24.1. The maximum absolute atomic E-state index is 12.6. The third kappa shape index (κ3) is 5.35. The van der Waals surface area contributed by atoms with Gasteiger partial charge in [-0.3, -0.25) is 14.5 Å². The van der Waals surface area contributed by atoms with E-state index in [1.165, 1.54) is 39.4 Å². The van der Waals surface area contributed by atoms with Gasteiger partial charge in [-0.15, -0.1) is 0 Å². The Hall–Kier alpha value is -3.79. The van der Waals surface area contributed by atoms with Crippen molar-refractivity contribution in [2.45, 2.75) is 19.6 Å². The predicted molar refractivity (Wildman–Crippen MR) is 120 cm³/mol. The van der Waals surface area contributed by atoms with Gasteiger partial charge < -0.3 is 19.3 Å². The fraction of sp³-hybridized carbons (Fsp3) is 0.217. The molecule has 0 spiro atoms. The largest absolute Gasteiger partial charge is 0.493 e. The number of nitrogens with zero attached hydrogens (tertiary/aromatic N) is 1. The summed E-state index contributed by atoms with van der Waals surface area (Å²) < 4.78 is 15.8. The molecular weight excluding hydrogens is 450 g/mol. The number of esters is 1. The molecule has 1 atom stereocenters. The quantitative estimate of drug-likeness (QED) is 0.455. The molecule has 0 aromatic heterocycles. The lowest BCUT2D eigenvalue weighted by atomic mass is 10.1. The Morgan fingerprint density at radius 1 is 1.12 bits per heavy atom. The molecule has 1 heterocycles. The Morgan fingerprint density at radius 2 is 1.88 bits per heavy atom. The van der Waals surface area contributed by atoms with Gasteiger partial charge in [-0.25, -0.2) is 9.59 Å². The fourth-order valence-corrected chi connectivity index (χ4v) is 4.00. The normalized spacial score (nSPS) is 15.5. The minimum atomic E-state index is -1.03. The number of carbonyl (C=O) groups excluding carboxylic acids is 3. The van der Waals surface area contributed by atoms with Gasteiger partial charge in [0.25, 0.3) is 11.1 Å². The molecule has 10 heteroatoms. The molecule has 2 aromatic rings. The van der Waals surface area contributed by atoms with E-state index in [1.54, 1.807) is 30.3 Å². The molecule has 2 amide bonds. The summed E-state index contributed by atoms with van der Waals surface area (Å²) in [4.78, 5) is 48.8. The Labute approximate surface area is 193 Å². The van der Waals surface area contributed by atoms with Crippen LogP contribution in [0.25, 0.3) is 6.08 Å². The molecule has 0 aliphatic carbocycles. The number of carbonyl (C=O) groups is 4. The maximum atomic E-state index is 12.6. The highest BCUT2D eigenvalue weighted by Gasteiger charge is 2.41. The Morgan fingerprint density at radius 3 is 2.55 bits per heavy atom. The van der Waals surface area contributed by atoms with E-state index in [4.69, 9.17) is 14.6 Å². The van der Waals surface area contributed by atoms with E-state index in [0.717, 1.165) is 16.7 Å². The third-order valence-corrected chi connectivity index (χ3v) is 5.69. The summed E-state index contributed by atoms with van der Waals surface area (Å²) in [5.41, 5.74) is 1.42. The van der Waals surface area contributed by atoms with Crippen LogP contribution >= 0.6 is 11.8 Å². The van der Waals surface area contributed by atoms with Gasteiger partial charge in [-0.05, 0) is 60.2 Å². The third-order valence-electron chi connectivity index (χ3n) is 4.81. The number of benzene rings is 2. The first-order valence-electron chi connectivity index (χ1n) is 9.73. The van der Waals surface area contributed by atoms with Crippen molar-refractivity contribution in [2.24, 2.45) is 0 Å². The molecule has 1 aliphatic rings. The number of carboxylic acids is 1. The van der Waals surface area contributed by atoms with Crippen LogP contribution in [0, 0.1) is 0 Å². The molecule has 0 radical (unpaired) electrons. The van der Waals surface area contributed by atoms with Crippen LogP contribution in [0.3, 0.4) is 0 Å².